The predicted molar refractivity (Wildman–Crippen MR) is 57.5 cm³/mol. The Hall–Kier alpha value is -0.330. The summed E-state index contributed by atoms with van der Waals surface area (Å²) in [4.78, 5) is 4.23. The average molecular weight is 219 g/mol. The number of ether oxygens (including phenoxy) is 1. The van der Waals surface area contributed by atoms with Crippen molar-refractivity contribution in [1.82, 2.24) is 9.36 Å². The van der Waals surface area contributed by atoms with Gasteiger partial charge in [-0.3, -0.25) is 0 Å². The average Bonchev–Trinajstić information content (AvgIpc) is 2.54. The molecule has 0 unspecified atom stereocenters. The van der Waals surface area contributed by atoms with Crippen molar-refractivity contribution in [1.29, 1.82) is 0 Å². The van der Waals surface area contributed by atoms with E-state index in [0.29, 0.717) is 6.61 Å². The van der Waals surface area contributed by atoms with E-state index in [1.165, 1.54) is 11.5 Å². The van der Waals surface area contributed by atoms with E-state index in [4.69, 9.17) is 4.74 Å². The fraction of sp³-hybridized carbons (Fsp3) is 0.714. The molecule has 4 nitrogen and oxygen atoms in total. The topological polar surface area (TPSA) is 47.0 Å². The van der Waals surface area contributed by atoms with Gasteiger partial charge in [-0.15, -0.1) is 0 Å². The Kier molecular flexibility index (Phi) is 5.10. The Morgan fingerprint density at radius 2 is 2.46 bits per heavy atom. The van der Waals surface area contributed by atoms with Gasteiger partial charge in [0.1, 0.15) is 6.61 Å². The molecule has 0 aliphatic carbocycles. The molecule has 0 saturated carbocycles. The number of thioether (sulfide) groups is 1. The molecule has 0 aliphatic rings. The number of anilines is 1. The molecule has 1 heterocycles. The van der Waals surface area contributed by atoms with Crippen molar-refractivity contribution in [2.24, 2.45) is 0 Å². The van der Waals surface area contributed by atoms with Gasteiger partial charge in [-0.05, 0) is 6.26 Å². The molecule has 74 valence electrons. The summed E-state index contributed by atoms with van der Waals surface area (Å²) in [7, 11) is 1.64. The smallest absolute Gasteiger partial charge is 0.202 e. The van der Waals surface area contributed by atoms with E-state index >= 15 is 0 Å². The molecule has 1 N–H and O–H groups in total. The van der Waals surface area contributed by atoms with Crippen LogP contribution in [0.15, 0.2) is 0 Å². The summed E-state index contributed by atoms with van der Waals surface area (Å²) >= 11 is 3.19. The van der Waals surface area contributed by atoms with Crippen LogP contribution in [0.1, 0.15) is 5.82 Å². The molecule has 0 spiro atoms. The van der Waals surface area contributed by atoms with Crippen molar-refractivity contribution in [3.05, 3.63) is 5.82 Å². The van der Waals surface area contributed by atoms with Crippen LogP contribution >= 0.6 is 23.3 Å². The van der Waals surface area contributed by atoms with Crippen LogP contribution < -0.4 is 5.32 Å². The molecule has 0 amide bonds. The lowest BCUT2D eigenvalue weighted by molar-refractivity contribution is 0.179. The van der Waals surface area contributed by atoms with Gasteiger partial charge < -0.3 is 10.1 Å². The van der Waals surface area contributed by atoms with Gasteiger partial charge in [-0.1, -0.05) is 0 Å². The quantitative estimate of drug-likeness (QED) is 0.734. The second kappa shape index (κ2) is 6.17. The highest BCUT2D eigenvalue weighted by Gasteiger charge is 2.01. The van der Waals surface area contributed by atoms with Crippen molar-refractivity contribution in [3.63, 3.8) is 0 Å². The summed E-state index contributed by atoms with van der Waals surface area (Å²) in [6.07, 6.45) is 2.08. The SMILES string of the molecule is COCc1nsc(NCCSC)n1. The van der Waals surface area contributed by atoms with Crippen LogP contribution in [0.4, 0.5) is 5.13 Å². The second-order valence-corrected chi connectivity index (χ2v) is 4.11. The summed E-state index contributed by atoms with van der Waals surface area (Å²) in [5.41, 5.74) is 0. The Balaban J connectivity index is 2.31. The van der Waals surface area contributed by atoms with E-state index in [-0.39, 0.29) is 0 Å². The van der Waals surface area contributed by atoms with Gasteiger partial charge in [0.05, 0.1) is 0 Å². The third-order valence-corrected chi connectivity index (χ3v) is 2.65. The molecule has 1 rings (SSSR count). The molecule has 0 fully saturated rings. The van der Waals surface area contributed by atoms with Crippen LogP contribution in [0, 0.1) is 0 Å². The minimum absolute atomic E-state index is 0.487. The van der Waals surface area contributed by atoms with Crippen molar-refractivity contribution in [2.75, 3.05) is 31.0 Å². The zero-order valence-corrected chi connectivity index (χ0v) is 9.37. The van der Waals surface area contributed by atoms with Gasteiger partial charge >= 0.3 is 0 Å². The number of rotatable bonds is 6. The van der Waals surface area contributed by atoms with Crippen molar-refractivity contribution in [2.45, 2.75) is 6.61 Å². The van der Waals surface area contributed by atoms with E-state index < -0.39 is 0 Å². The normalized spacial score (nSPS) is 10.3. The van der Waals surface area contributed by atoms with Gasteiger partial charge in [-0.2, -0.15) is 16.1 Å². The number of hydrogen-bond acceptors (Lipinski definition) is 6. The van der Waals surface area contributed by atoms with Crippen LogP contribution in [0.5, 0.6) is 0 Å². The molecule has 0 bridgehead atoms. The minimum atomic E-state index is 0.487. The lowest BCUT2D eigenvalue weighted by Gasteiger charge is -1.97. The zero-order chi connectivity index (χ0) is 9.52. The molecule has 1 aromatic heterocycles. The highest BCUT2D eigenvalue weighted by Crippen LogP contribution is 2.11. The first-order valence-electron chi connectivity index (χ1n) is 3.91. The Labute approximate surface area is 86.3 Å². The summed E-state index contributed by atoms with van der Waals surface area (Å²) < 4.78 is 9.04. The first-order valence-corrected chi connectivity index (χ1v) is 6.08. The summed E-state index contributed by atoms with van der Waals surface area (Å²) in [5.74, 6) is 1.83. The summed E-state index contributed by atoms with van der Waals surface area (Å²) in [6, 6.07) is 0. The maximum absolute atomic E-state index is 4.92. The molecule has 0 saturated heterocycles. The molecule has 0 radical (unpaired) electrons. The molecular formula is C7H13N3OS2. The van der Waals surface area contributed by atoms with E-state index in [1.54, 1.807) is 7.11 Å². The standard InChI is InChI=1S/C7H13N3OS2/c1-11-5-6-9-7(13-10-6)8-3-4-12-2/h3-5H2,1-2H3,(H,8,9,10). The van der Waals surface area contributed by atoms with Gasteiger partial charge in [-0.25, -0.2) is 4.98 Å². The van der Waals surface area contributed by atoms with Crippen LogP contribution in [0.2, 0.25) is 0 Å². The Morgan fingerprint density at radius 3 is 3.15 bits per heavy atom. The monoisotopic (exact) mass is 219 g/mol. The Bertz CT molecular complexity index is 241. The number of aromatic nitrogens is 2. The molecule has 6 heteroatoms. The van der Waals surface area contributed by atoms with Gasteiger partial charge in [0.25, 0.3) is 0 Å². The van der Waals surface area contributed by atoms with Gasteiger partial charge in [0, 0.05) is 30.9 Å². The van der Waals surface area contributed by atoms with Crippen molar-refractivity contribution >= 4 is 28.4 Å². The summed E-state index contributed by atoms with van der Waals surface area (Å²) in [5, 5.41) is 4.07. The molecule has 0 aliphatic heterocycles. The fourth-order valence-corrected chi connectivity index (χ4v) is 1.68. The number of nitrogens with zero attached hydrogens (tertiary/aromatic N) is 2. The molecule has 0 aromatic carbocycles. The third kappa shape index (κ3) is 3.93. The number of methoxy groups -OCH3 is 1. The molecule has 0 atom stereocenters. The maximum atomic E-state index is 4.92. The zero-order valence-electron chi connectivity index (χ0n) is 7.74. The van der Waals surface area contributed by atoms with Crippen LogP contribution in [-0.2, 0) is 11.3 Å². The fourth-order valence-electron chi connectivity index (χ4n) is 0.774. The second-order valence-electron chi connectivity index (χ2n) is 2.37. The molecular weight excluding hydrogens is 206 g/mol. The predicted octanol–water partition coefficient (Wildman–Crippen LogP) is 1.46. The lowest BCUT2D eigenvalue weighted by Crippen LogP contribution is -2.03. The highest BCUT2D eigenvalue weighted by atomic mass is 32.2. The van der Waals surface area contributed by atoms with E-state index in [1.807, 2.05) is 11.8 Å². The van der Waals surface area contributed by atoms with Gasteiger partial charge in [0.2, 0.25) is 5.13 Å². The first kappa shape index (κ1) is 10.7. The van der Waals surface area contributed by atoms with Crippen LogP contribution in [0.25, 0.3) is 0 Å². The minimum Gasteiger partial charge on any atom is -0.377 e. The lowest BCUT2D eigenvalue weighted by atomic mass is 10.7. The molecule has 13 heavy (non-hydrogen) atoms. The van der Waals surface area contributed by atoms with Crippen LogP contribution in [0.3, 0.4) is 0 Å². The number of nitrogens with one attached hydrogen (secondary N) is 1. The van der Waals surface area contributed by atoms with E-state index in [2.05, 4.69) is 20.9 Å². The van der Waals surface area contributed by atoms with E-state index in [0.717, 1.165) is 23.3 Å². The van der Waals surface area contributed by atoms with Crippen molar-refractivity contribution in [3.8, 4) is 0 Å². The Morgan fingerprint density at radius 1 is 1.62 bits per heavy atom. The number of hydrogen-bond donors (Lipinski definition) is 1. The maximum Gasteiger partial charge on any atom is 0.202 e. The highest BCUT2D eigenvalue weighted by molar-refractivity contribution is 7.98. The van der Waals surface area contributed by atoms with Crippen LogP contribution in [-0.4, -0.2) is 35.0 Å². The first-order chi connectivity index (χ1) is 6.36. The summed E-state index contributed by atoms with van der Waals surface area (Å²) in [6.45, 7) is 1.42. The van der Waals surface area contributed by atoms with Crippen molar-refractivity contribution < 1.29 is 4.74 Å². The molecule has 1 aromatic rings. The van der Waals surface area contributed by atoms with Gasteiger partial charge in [0.15, 0.2) is 5.82 Å². The third-order valence-electron chi connectivity index (χ3n) is 1.32. The largest absolute Gasteiger partial charge is 0.377 e. The van der Waals surface area contributed by atoms with E-state index in [9.17, 15) is 0 Å².